The summed E-state index contributed by atoms with van der Waals surface area (Å²) in [7, 11) is -10.7. The summed E-state index contributed by atoms with van der Waals surface area (Å²) in [6.45, 7) is 2.74. The minimum atomic E-state index is -5.35. The number of nitrogen functional groups attached to an aromatic ring is 3. The molecule has 10 aromatic carbocycles. The number of esters is 2. The number of nitrogens with two attached hydrogens (primary N) is 4. The monoisotopic (exact) mass is 1900 g/mol. The van der Waals surface area contributed by atoms with Crippen molar-refractivity contribution in [3.05, 3.63) is 277 Å². The number of aliphatic hydroxyl groups is 1. The van der Waals surface area contributed by atoms with Crippen molar-refractivity contribution in [1.29, 1.82) is 0 Å². The van der Waals surface area contributed by atoms with Crippen LogP contribution in [0.15, 0.2) is 246 Å². The van der Waals surface area contributed by atoms with Crippen LogP contribution in [0.2, 0.25) is 0 Å². The molecule has 1 saturated carbocycles. The standard InChI is InChI=1S/C30H23NO10S.C24H18N3O10S2.C21H18N6.C21H11NO5S/c32-16-2-5-19-24(12-16)40-25-13-17(33)3-6-20(25)28(19)18-4-1-15(11-21(18)30(38)39)31-26(36)14-42-10-9-27(37)41-29-22(34)7-8-23(29)35;1-2-9-27-23(28)11-3-4-12(15(10-11)24(29)30)18-13-5-7-16(25)21(38(31,32)33)19(13)37-20-14(18)6-8-17(26)22(20)39(34,35)36;1-2-27-20-11-15(23)7-9-18(20)17-10-8-16(25-26-24)12-19(17)21(27)13-3-5-14(22)6-4-13;23-12-2-5-16-18(8-12)26-19-9-13(24)3-6-17(19)21(16)15-4-1-11(22-10-28)7-14(15)20(25)27-21/h1-6,11-13,29,32H,7-10,14H2,(H,31,36)(H,38,39);1,3-8,10,24-25,29H,9,26H2,(H,27,28)(H,31,32,33)(H,34,35,36);3-12H,2H2,1H3,(H3,22,23);1-9,23-24H/q;-1;;. The Morgan fingerprint density at radius 2 is 1.32 bits per heavy atom. The summed E-state index contributed by atoms with van der Waals surface area (Å²) in [5.74, 6) is -1.95. The van der Waals surface area contributed by atoms with E-state index in [1.807, 2.05) is 60.7 Å². The zero-order valence-electron chi connectivity index (χ0n) is 70.5. The lowest BCUT2D eigenvalue weighted by Gasteiger charge is -2.36. The summed E-state index contributed by atoms with van der Waals surface area (Å²) < 4.78 is 103. The third kappa shape index (κ3) is 18.7. The second kappa shape index (κ2) is 38.2. The van der Waals surface area contributed by atoms with Crippen molar-refractivity contribution in [2.75, 3.05) is 40.6 Å². The molecular weight excluding hydrogens is 1840 g/mol. The zero-order valence-corrected chi connectivity index (χ0v) is 73.7. The number of pyridine rings is 1. The third-order valence-electron chi connectivity index (χ3n) is 22.1. The van der Waals surface area contributed by atoms with Crippen molar-refractivity contribution in [3.8, 4) is 97.2 Å². The van der Waals surface area contributed by atoms with E-state index in [0.717, 1.165) is 75.1 Å². The average molecular weight is 1910 g/mol. The zero-order chi connectivity index (χ0) is 97.3. The highest BCUT2D eigenvalue weighted by Gasteiger charge is 2.54. The van der Waals surface area contributed by atoms with Gasteiger partial charge in [-0.2, -0.15) is 21.3 Å². The number of rotatable bonds is 19. The summed E-state index contributed by atoms with van der Waals surface area (Å²) >= 11 is 5.77. The molecule has 15 N–H and O–H groups in total. The predicted molar refractivity (Wildman–Crippen MR) is 496 cm³/mol. The second-order valence-electron chi connectivity index (χ2n) is 30.6. The highest BCUT2D eigenvalue weighted by Crippen LogP contribution is 2.58. The van der Waals surface area contributed by atoms with Crippen molar-refractivity contribution in [2.24, 2.45) is 10.1 Å². The molecule has 3 aliphatic carbocycles. The number of azide groups is 1. The lowest BCUT2D eigenvalue weighted by atomic mass is 9.77. The van der Waals surface area contributed by atoms with Crippen LogP contribution in [-0.2, 0) is 61.0 Å². The average Bonchev–Trinajstić information content (AvgIpc) is 1.36. The van der Waals surface area contributed by atoms with Crippen LogP contribution in [-0.4, -0.2) is 122 Å². The molecule has 11 aromatic rings. The Hall–Kier alpha value is -16.7. The number of carbonyl (C=O) groups is 7. The first-order valence-corrected chi connectivity index (χ1v) is 44.9. The number of ether oxygens (including phenoxy) is 3. The number of aliphatic imine (C=N–C) groups is 1. The van der Waals surface area contributed by atoms with E-state index in [1.165, 1.54) is 78.9 Å². The number of nitrogens with one attached hydrogen (secondary N) is 2. The van der Waals surface area contributed by atoms with E-state index >= 15 is 0 Å². The van der Waals surface area contributed by atoms with Crippen molar-refractivity contribution in [1.82, 2.24) is 5.32 Å². The Kier molecular flexibility index (Phi) is 26.4. The van der Waals surface area contributed by atoms with E-state index in [1.54, 1.807) is 54.6 Å². The van der Waals surface area contributed by atoms with Gasteiger partial charge in [-0.3, -0.25) is 34.2 Å². The molecule has 2 amide bonds. The first-order chi connectivity index (χ1) is 64.9. The van der Waals surface area contributed by atoms with Crippen LogP contribution in [0.1, 0.15) is 85.8 Å². The number of aromatic carboxylic acids is 1. The third-order valence-corrected chi connectivity index (χ3v) is 25.0. The fraction of sp³-hybridized carbons (Fsp3) is 0.115. The van der Waals surface area contributed by atoms with Gasteiger partial charge in [-0.25, -0.2) is 26.4 Å². The van der Waals surface area contributed by atoms with Crippen LogP contribution in [0.3, 0.4) is 0 Å². The molecule has 136 heavy (non-hydrogen) atoms. The predicted octanol–water partition coefficient (Wildman–Crippen LogP) is 11.3. The number of terminal acetylenes is 1. The number of phenolic OH excluding ortho intramolecular Hbond substituents is 3. The number of phenols is 3. The van der Waals surface area contributed by atoms with Crippen LogP contribution in [0.5, 0.6) is 28.7 Å². The number of nitrogens with zero attached hydrogens (tertiary/aromatic N) is 5. The van der Waals surface area contributed by atoms with Gasteiger partial charge in [0.1, 0.15) is 71.8 Å². The van der Waals surface area contributed by atoms with E-state index in [2.05, 4.69) is 60.4 Å². The van der Waals surface area contributed by atoms with Gasteiger partial charge in [0.2, 0.25) is 28.6 Å². The number of anilines is 4. The molecule has 7 aliphatic rings. The number of aromatic nitrogens is 1. The van der Waals surface area contributed by atoms with E-state index in [-0.39, 0.29) is 110 Å². The Balaban J connectivity index is 0.000000140. The maximum atomic E-state index is 12.8. The SMILES string of the molecule is C#CCNC(=O)c1ccc(-c2c3ccc(=[NH2+])c(S(=O)(=O)[O-])c-3oc3c(S(=O)(=O)[O-])c(N)ccc23)c(C([O-])O)c1.CC[n+]1c(-c2ccc(N)cc2)c2cc(N=[N+]=[N-])ccc2c2ccc(N)cc21.O=C(CSCCC(=O)OC1C(=O)CCC1=O)Nc1ccc(-c2c3ccc(=O)cc-3oc3cc(O)ccc23)c(C(=O)O)c1.O=C1OC2(c3ccc(O)cc3Oc3cc(O)ccc32)c2ccc(N=C=S)cc21. The number of isothiocyanates is 1. The number of Topliss-reactive ketones (excluding diaryl/α,β-unsaturated/α-hetero) is 2. The van der Waals surface area contributed by atoms with Crippen LogP contribution >= 0.6 is 24.0 Å². The normalized spacial score (nSPS) is 13.1. The molecular formula is C96H70N11O25S4-. The molecule has 0 saturated heterocycles. The van der Waals surface area contributed by atoms with Crippen molar-refractivity contribution < 1.29 is 123 Å². The topological polar surface area (TPSA) is 622 Å². The number of thiocarbonyl (C=S) groups is 1. The Labute approximate surface area is 777 Å². The van der Waals surface area contributed by atoms with Crippen molar-refractivity contribution in [2.45, 2.75) is 60.5 Å². The van der Waals surface area contributed by atoms with Gasteiger partial charge >= 0.3 is 17.9 Å². The Morgan fingerprint density at radius 1 is 0.691 bits per heavy atom. The van der Waals surface area contributed by atoms with Gasteiger partial charge in [0, 0.05) is 155 Å². The quantitative estimate of drug-likeness (QED) is 0.00284. The van der Waals surface area contributed by atoms with Gasteiger partial charge in [0.05, 0.1) is 57.2 Å². The summed E-state index contributed by atoms with van der Waals surface area (Å²) in [6.07, 6.45) is 1.39. The van der Waals surface area contributed by atoms with Crippen molar-refractivity contribution in [3.63, 3.8) is 0 Å². The molecule has 40 heteroatoms. The Morgan fingerprint density at radius 3 is 1.98 bits per heavy atom. The number of ketones is 2. The van der Waals surface area contributed by atoms with Gasteiger partial charge in [-0.15, -0.1) is 6.42 Å². The van der Waals surface area contributed by atoms with E-state index in [0.29, 0.717) is 72.9 Å². The molecule has 1 fully saturated rings. The lowest BCUT2D eigenvalue weighted by molar-refractivity contribution is -0.655. The first-order valence-electron chi connectivity index (χ1n) is 40.5. The molecule has 1 atom stereocenters. The van der Waals surface area contributed by atoms with Crippen LogP contribution in [0, 0.1) is 12.3 Å². The van der Waals surface area contributed by atoms with Gasteiger partial charge < -0.3 is 90.6 Å². The van der Waals surface area contributed by atoms with Crippen LogP contribution in [0.4, 0.5) is 34.1 Å². The smallest absolute Gasteiger partial charge is 0.340 e. The summed E-state index contributed by atoms with van der Waals surface area (Å²) in [5.41, 5.74) is 32.2. The number of carbonyl (C=O) groups excluding carboxylic acids is 6. The maximum absolute atomic E-state index is 12.8. The number of aryl methyl sites for hydroxylation is 1. The molecule has 18 rings (SSSR count). The molecule has 36 nitrogen and oxygen atoms in total. The van der Waals surface area contributed by atoms with E-state index in [4.69, 9.17) is 57.6 Å². The van der Waals surface area contributed by atoms with Gasteiger partial charge in [-0.1, -0.05) is 41.4 Å². The number of amides is 2. The molecule has 0 radical (unpaired) electrons. The fourth-order valence-electron chi connectivity index (χ4n) is 16.3. The number of carboxylic acid groups (broad SMARTS) is 1. The summed E-state index contributed by atoms with van der Waals surface area (Å²) in [5, 5.41) is 82.1. The Bertz CT molecular complexity index is 8000. The van der Waals surface area contributed by atoms with Crippen molar-refractivity contribution >= 4 is 168 Å². The fourth-order valence-corrected chi connectivity index (χ4v) is 18.6. The largest absolute Gasteiger partial charge is 0.828 e. The summed E-state index contributed by atoms with van der Waals surface area (Å²) in [6, 6.07) is 54.9. The molecule has 1 spiro atoms. The molecule has 0 bridgehead atoms. The number of thioether (sulfide) groups is 1. The second-order valence-corrected chi connectivity index (χ2v) is 34.5. The number of benzene rings is 12. The van der Waals surface area contributed by atoms with Gasteiger partial charge in [0.25, 0.3) is 5.91 Å². The van der Waals surface area contributed by atoms with Crippen LogP contribution < -0.4 is 58.4 Å². The highest BCUT2D eigenvalue weighted by atomic mass is 32.2. The summed E-state index contributed by atoms with van der Waals surface area (Å²) in [4.78, 5) is 102. The lowest BCUT2D eigenvalue weighted by Crippen LogP contribution is -2.47. The molecule has 1 unspecified atom stereocenters. The number of carboxylic acids is 1. The van der Waals surface area contributed by atoms with E-state index in [9.17, 15) is 94.9 Å². The number of hydrogen-bond donors (Lipinski definition) is 11. The van der Waals surface area contributed by atoms with E-state index < -0.39 is 117 Å². The van der Waals surface area contributed by atoms with Gasteiger partial charge in [0.15, 0.2) is 38.8 Å². The number of aliphatic hydroxyl groups excluding tert-OH is 1. The number of hydrogen-bond acceptors (Lipinski definition) is 31. The highest BCUT2D eigenvalue weighted by molar-refractivity contribution is 8.00. The maximum Gasteiger partial charge on any atom is 0.340 e. The molecule has 684 valence electrons. The minimum absolute atomic E-state index is 0.00715. The molecule has 1 aromatic heterocycles. The number of fused-ring (bicyclic) bond motifs is 13. The van der Waals surface area contributed by atoms with Gasteiger partial charge in [-0.05, 0) is 187 Å². The minimum Gasteiger partial charge on any atom is -0.828 e. The van der Waals surface area contributed by atoms with Crippen LogP contribution in [0.25, 0.3) is 110 Å². The first kappa shape index (κ1) is 94.0. The molecule has 4 aliphatic heterocycles. The molecule has 5 heterocycles. The number of aromatic hydroxyl groups is 3.